The van der Waals surface area contributed by atoms with E-state index in [1.54, 1.807) is 6.07 Å². The van der Waals surface area contributed by atoms with Crippen LogP contribution in [0.5, 0.6) is 11.5 Å². The lowest BCUT2D eigenvalue weighted by atomic mass is 10.2. The summed E-state index contributed by atoms with van der Waals surface area (Å²) in [6.45, 7) is 0.882. The molecule has 0 aliphatic carbocycles. The minimum absolute atomic E-state index is 0.349. The maximum Gasteiger partial charge on any atom is 0.306 e. The molecule has 1 aromatic carbocycles. The molecule has 4 nitrogen and oxygen atoms in total. The molecule has 0 fully saturated rings. The quantitative estimate of drug-likeness (QED) is 0.720. The summed E-state index contributed by atoms with van der Waals surface area (Å²) in [6.07, 6.45) is 0. The average Bonchev–Trinajstić information content (AvgIpc) is 2.15. The molecule has 82 valence electrons. The zero-order valence-corrected chi connectivity index (χ0v) is 8.59. The first-order valence-corrected chi connectivity index (χ1v) is 5.91. The number of hydrogen-bond donors (Lipinski definition) is 0. The Morgan fingerprint density at radius 2 is 1.87 bits per heavy atom. The van der Waals surface area contributed by atoms with Crippen LogP contribution in [0.2, 0.25) is 0 Å². The summed E-state index contributed by atoms with van der Waals surface area (Å²) in [6, 6.07) is 4.56. The van der Waals surface area contributed by atoms with E-state index >= 15 is 0 Å². The summed E-state index contributed by atoms with van der Waals surface area (Å²) >= 11 is 0. The molecule has 1 aromatic rings. The average molecular weight is 232 g/mol. The van der Waals surface area contributed by atoms with Gasteiger partial charge in [0.1, 0.15) is 19.0 Å². The van der Waals surface area contributed by atoms with Gasteiger partial charge in [0.15, 0.2) is 11.5 Å². The molecule has 1 heterocycles. The molecule has 0 N–H and O–H groups in total. The fraction of sp³-hybridized carbons (Fsp3) is 0.333. The van der Waals surface area contributed by atoms with E-state index in [1.807, 2.05) is 0 Å². The lowest BCUT2D eigenvalue weighted by molar-refractivity contribution is 0.171. The fourth-order valence-electron chi connectivity index (χ4n) is 1.38. The second kappa shape index (κ2) is 3.69. The molecule has 0 spiro atoms. The van der Waals surface area contributed by atoms with Gasteiger partial charge in [0, 0.05) is 0 Å². The summed E-state index contributed by atoms with van der Waals surface area (Å²) in [5.74, 6) is 0.382. The van der Waals surface area contributed by atoms with Gasteiger partial charge in [0.05, 0.1) is 0 Å². The Morgan fingerprint density at radius 3 is 2.53 bits per heavy atom. The largest absolute Gasteiger partial charge is 0.486 e. The number of rotatable bonds is 2. The minimum atomic E-state index is -4.50. The Labute approximate surface area is 86.8 Å². The monoisotopic (exact) mass is 232 g/mol. The lowest BCUT2D eigenvalue weighted by Gasteiger charge is -2.18. The fourth-order valence-corrected chi connectivity index (χ4v) is 1.95. The number of ether oxygens (including phenoxy) is 2. The smallest absolute Gasteiger partial charge is 0.306 e. The van der Waals surface area contributed by atoms with Crippen LogP contribution >= 0.6 is 0 Å². The number of fused-ring (bicyclic) bond motifs is 1. The van der Waals surface area contributed by atoms with E-state index in [9.17, 15) is 12.3 Å². The first kappa shape index (κ1) is 10.2. The van der Waals surface area contributed by atoms with Crippen LogP contribution in [-0.4, -0.2) is 21.6 Å². The first-order valence-electron chi connectivity index (χ1n) is 4.35. The standard InChI is InChI=1S/C9H9FO4S/c10-15(11,12)6-7-1-2-8-9(5-7)14-4-3-13-8/h1-2,5H,3-4,6H2. The van der Waals surface area contributed by atoms with Crippen molar-refractivity contribution in [2.75, 3.05) is 13.2 Å². The highest BCUT2D eigenvalue weighted by atomic mass is 32.3. The maximum atomic E-state index is 12.4. The molecule has 0 unspecified atom stereocenters. The van der Waals surface area contributed by atoms with Crippen molar-refractivity contribution in [3.05, 3.63) is 23.8 Å². The van der Waals surface area contributed by atoms with E-state index in [0.717, 1.165) is 0 Å². The molecule has 0 saturated heterocycles. The highest BCUT2D eigenvalue weighted by Crippen LogP contribution is 2.31. The first-order chi connectivity index (χ1) is 7.04. The zero-order chi connectivity index (χ0) is 10.9. The molecule has 0 radical (unpaired) electrons. The molecular formula is C9H9FO4S. The van der Waals surface area contributed by atoms with Crippen LogP contribution in [0, 0.1) is 0 Å². The zero-order valence-electron chi connectivity index (χ0n) is 7.77. The molecule has 6 heteroatoms. The van der Waals surface area contributed by atoms with Crippen LogP contribution < -0.4 is 9.47 Å². The van der Waals surface area contributed by atoms with Crippen molar-refractivity contribution in [1.29, 1.82) is 0 Å². The molecule has 15 heavy (non-hydrogen) atoms. The molecule has 0 aromatic heterocycles. The highest BCUT2D eigenvalue weighted by molar-refractivity contribution is 7.85. The molecule has 1 aliphatic rings. The Bertz CT molecular complexity index is 469. The summed E-state index contributed by atoms with van der Waals surface area (Å²) in [5.41, 5.74) is 0.349. The van der Waals surface area contributed by atoms with Crippen molar-refractivity contribution < 1.29 is 21.8 Å². The van der Waals surface area contributed by atoms with E-state index in [1.165, 1.54) is 12.1 Å². The third-order valence-corrected chi connectivity index (χ3v) is 2.62. The third-order valence-electron chi connectivity index (χ3n) is 1.95. The topological polar surface area (TPSA) is 52.6 Å². The maximum absolute atomic E-state index is 12.4. The summed E-state index contributed by atoms with van der Waals surface area (Å²) in [5, 5.41) is 0. The van der Waals surface area contributed by atoms with Gasteiger partial charge in [0.2, 0.25) is 0 Å². The molecular weight excluding hydrogens is 223 g/mol. The number of benzene rings is 1. The minimum Gasteiger partial charge on any atom is -0.486 e. The summed E-state index contributed by atoms with van der Waals surface area (Å²) < 4.78 is 43.7. The number of hydrogen-bond acceptors (Lipinski definition) is 4. The summed E-state index contributed by atoms with van der Waals surface area (Å²) in [4.78, 5) is 0. The normalized spacial score (nSPS) is 15.0. The lowest BCUT2D eigenvalue weighted by Crippen LogP contribution is -2.15. The Balaban J connectivity index is 2.28. The van der Waals surface area contributed by atoms with E-state index in [2.05, 4.69) is 0 Å². The van der Waals surface area contributed by atoms with E-state index in [4.69, 9.17) is 9.47 Å². The van der Waals surface area contributed by atoms with Crippen LogP contribution in [0.3, 0.4) is 0 Å². The third kappa shape index (κ3) is 2.59. The van der Waals surface area contributed by atoms with Gasteiger partial charge in [-0.3, -0.25) is 0 Å². The number of halogens is 1. The van der Waals surface area contributed by atoms with Crippen molar-refractivity contribution in [2.45, 2.75) is 5.75 Å². The van der Waals surface area contributed by atoms with Crippen molar-refractivity contribution in [2.24, 2.45) is 0 Å². The van der Waals surface area contributed by atoms with Crippen molar-refractivity contribution >= 4 is 10.2 Å². The van der Waals surface area contributed by atoms with Gasteiger partial charge < -0.3 is 9.47 Å². The summed E-state index contributed by atoms with van der Waals surface area (Å²) in [7, 11) is -4.50. The van der Waals surface area contributed by atoms with Crippen LogP contribution in [0.1, 0.15) is 5.56 Å². The molecule has 2 rings (SSSR count). The second-order valence-corrected chi connectivity index (χ2v) is 4.53. The van der Waals surface area contributed by atoms with E-state index < -0.39 is 16.0 Å². The molecule has 1 aliphatic heterocycles. The SMILES string of the molecule is O=S(=O)(F)Cc1ccc2c(c1)OCCO2. The van der Waals surface area contributed by atoms with Crippen LogP contribution in [0.25, 0.3) is 0 Å². The predicted molar refractivity (Wildman–Crippen MR) is 51.2 cm³/mol. The van der Waals surface area contributed by atoms with Crippen molar-refractivity contribution in [1.82, 2.24) is 0 Å². The highest BCUT2D eigenvalue weighted by Gasteiger charge is 2.15. The Morgan fingerprint density at radius 1 is 1.20 bits per heavy atom. The Hall–Kier alpha value is -1.30. The van der Waals surface area contributed by atoms with Gasteiger partial charge in [-0.2, -0.15) is 8.42 Å². The van der Waals surface area contributed by atoms with Gasteiger partial charge in [-0.25, -0.2) is 0 Å². The van der Waals surface area contributed by atoms with Crippen molar-refractivity contribution in [3.8, 4) is 11.5 Å². The van der Waals surface area contributed by atoms with Gasteiger partial charge in [-0.1, -0.05) is 6.07 Å². The van der Waals surface area contributed by atoms with E-state index in [0.29, 0.717) is 30.3 Å². The van der Waals surface area contributed by atoms with Gasteiger partial charge in [0.25, 0.3) is 0 Å². The Kier molecular flexibility index (Phi) is 2.52. The van der Waals surface area contributed by atoms with Gasteiger partial charge in [-0.05, 0) is 17.7 Å². The van der Waals surface area contributed by atoms with Crippen LogP contribution in [0.15, 0.2) is 18.2 Å². The van der Waals surface area contributed by atoms with Crippen molar-refractivity contribution in [3.63, 3.8) is 0 Å². The van der Waals surface area contributed by atoms with E-state index in [-0.39, 0.29) is 0 Å². The molecule has 0 atom stereocenters. The molecule has 0 bridgehead atoms. The van der Waals surface area contributed by atoms with Gasteiger partial charge in [-0.15, -0.1) is 3.89 Å². The predicted octanol–water partition coefficient (Wildman–Crippen LogP) is 1.26. The second-order valence-electron chi connectivity index (χ2n) is 3.16. The molecule has 0 saturated carbocycles. The molecule has 0 amide bonds. The van der Waals surface area contributed by atoms with Crippen LogP contribution in [-0.2, 0) is 16.0 Å². The van der Waals surface area contributed by atoms with Crippen LogP contribution in [0.4, 0.5) is 3.89 Å². The van der Waals surface area contributed by atoms with Gasteiger partial charge >= 0.3 is 10.2 Å².